The van der Waals surface area contributed by atoms with Crippen LogP contribution in [0.4, 0.5) is 10.1 Å². The van der Waals surface area contributed by atoms with Gasteiger partial charge in [0.25, 0.3) is 0 Å². The van der Waals surface area contributed by atoms with Gasteiger partial charge in [0.1, 0.15) is 16.9 Å². The van der Waals surface area contributed by atoms with Crippen molar-refractivity contribution in [3.05, 3.63) is 105 Å². The number of anilines is 1. The molecule has 0 bridgehead atoms. The lowest BCUT2D eigenvalue weighted by molar-refractivity contribution is 0.603. The van der Waals surface area contributed by atoms with Gasteiger partial charge in [0, 0.05) is 11.4 Å². The molecule has 4 nitrogen and oxygen atoms in total. The van der Waals surface area contributed by atoms with Crippen molar-refractivity contribution < 1.29 is 12.8 Å². The fourth-order valence-electron chi connectivity index (χ4n) is 3.19. The zero-order chi connectivity index (χ0) is 23.1. The van der Waals surface area contributed by atoms with Gasteiger partial charge in [0.15, 0.2) is 4.91 Å². The lowest BCUT2D eigenvalue weighted by atomic mass is 10.1. The molecule has 3 rings (SSSR count). The highest BCUT2D eigenvalue weighted by Crippen LogP contribution is 2.34. The van der Waals surface area contributed by atoms with Crippen molar-refractivity contribution in [2.45, 2.75) is 30.9 Å². The Kier molecular flexibility index (Phi) is 7.73. The molecule has 0 fully saturated rings. The summed E-state index contributed by atoms with van der Waals surface area (Å²) in [7, 11) is -4.08. The summed E-state index contributed by atoms with van der Waals surface area (Å²) in [6, 6.07) is 21.8. The summed E-state index contributed by atoms with van der Waals surface area (Å²) in [5, 5.41) is 13.3. The van der Waals surface area contributed by atoms with Gasteiger partial charge in [-0.15, -0.1) is 11.8 Å². The van der Waals surface area contributed by atoms with Gasteiger partial charge in [0.05, 0.1) is 4.90 Å². The van der Waals surface area contributed by atoms with E-state index in [0.717, 1.165) is 35.0 Å². The Morgan fingerprint density at radius 2 is 1.66 bits per heavy atom. The van der Waals surface area contributed by atoms with E-state index in [4.69, 9.17) is 0 Å². The third-order valence-corrected chi connectivity index (χ3v) is 7.84. The van der Waals surface area contributed by atoms with E-state index in [0.29, 0.717) is 5.56 Å². The van der Waals surface area contributed by atoms with Crippen molar-refractivity contribution in [2.24, 2.45) is 0 Å². The van der Waals surface area contributed by atoms with Crippen LogP contribution < -0.4 is 5.32 Å². The zero-order valence-corrected chi connectivity index (χ0v) is 19.4. The number of halogens is 1. The van der Waals surface area contributed by atoms with E-state index >= 15 is 0 Å². The molecule has 164 valence electrons. The minimum Gasteiger partial charge on any atom is -0.348 e. The first-order valence-electron chi connectivity index (χ1n) is 10.0. The molecule has 0 aliphatic heterocycles. The van der Waals surface area contributed by atoms with Crippen molar-refractivity contribution in [1.82, 2.24) is 0 Å². The number of nitrogens with one attached hydrogen (secondary N) is 1. The highest BCUT2D eigenvalue weighted by Gasteiger charge is 2.26. The largest absolute Gasteiger partial charge is 0.348 e. The van der Waals surface area contributed by atoms with Gasteiger partial charge in [-0.3, -0.25) is 0 Å². The van der Waals surface area contributed by atoms with Crippen LogP contribution in [0.2, 0.25) is 0 Å². The van der Waals surface area contributed by atoms with E-state index in [9.17, 15) is 18.1 Å². The quantitative estimate of drug-likeness (QED) is 0.400. The third-order valence-electron chi connectivity index (χ3n) is 4.94. The predicted octanol–water partition coefficient (Wildman–Crippen LogP) is 6.21. The number of benzene rings is 3. The molecule has 0 aliphatic carbocycles. The van der Waals surface area contributed by atoms with E-state index in [2.05, 4.69) is 5.32 Å². The second-order valence-electron chi connectivity index (χ2n) is 7.05. The van der Waals surface area contributed by atoms with Gasteiger partial charge in [-0.05, 0) is 48.2 Å². The van der Waals surface area contributed by atoms with Crippen molar-refractivity contribution in [3.63, 3.8) is 0 Å². The SMILES string of the molecule is CCc1cccc(C)c1N/C(SCc1ccccc1F)=C(/C#N)S(=O)(=O)c1ccccc1. The monoisotopic (exact) mass is 466 g/mol. The van der Waals surface area contributed by atoms with Crippen LogP contribution in [0.3, 0.4) is 0 Å². The number of thioether (sulfide) groups is 1. The van der Waals surface area contributed by atoms with Crippen molar-refractivity contribution in [1.29, 1.82) is 5.26 Å². The van der Waals surface area contributed by atoms with Crippen LogP contribution in [0.25, 0.3) is 0 Å². The average Bonchev–Trinajstić information content (AvgIpc) is 2.80. The van der Waals surface area contributed by atoms with E-state index in [1.54, 1.807) is 36.4 Å². The maximum Gasteiger partial charge on any atom is 0.219 e. The summed E-state index contributed by atoms with van der Waals surface area (Å²) in [4.78, 5) is -0.363. The second-order valence-corrected chi connectivity index (χ2v) is 9.93. The lowest BCUT2D eigenvalue weighted by Gasteiger charge is -2.18. The highest BCUT2D eigenvalue weighted by atomic mass is 32.2. The molecule has 1 N–H and O–H groups in total. The van der Waals surface area contributed by atoms with E-state index in [1.165, 1.54) is 18.2 Å². The molecular weight excluding hydrogens is 443 g/mol. The average molecular weight is 467 g/mol. The molecule has 3 aromatic carbocycles. The summed E-state index contributed by atoms with van der Waals surface area (Å²) in [6.45, 7) is 3.92. The summed E-state index contributed by atoms with van der Waals surface area (Å²) in [6.07, 6.45) is 0.725. The summed E-state index contributed by atoms with van der Waals surface area (Å²) < 4.78 is 40.8. The van der Waals surface area contributed by atoms with Gasteiger partial charge in [0.2, 0.25) is 9.84 Å². The standard InChI is InChI=1S/C25H23FN2O2S2/c1-3-19-12-9-10-18(2)24(19)28-25(31-17-20-11-7-8-15-22(20)26)23(16-27)32(29,30)21-13-5-4-6-14-21/h4-15,28H,3,17H2,1-2H3/b25-23+. The normalized spacial score (nSPS) is 12.1. The van der Waals surface area contributed by atoms with Crippen molar-refractivity contribution in [3.8, 4) is 6.07 Å². The Morgan fingerprint density at radius 1 is 1.00 bits per heavy atom. The Bertz CT molecular complexity index is 1280. The third kappa shape index (κ3) is 5.21. The van der Waals surface area contributed by atoms with Crippen LogP contribution in [-0.4, -0.2) is 8.42 Å². The van der Waals surface area contributed by atoms with Crippen LogP contribution in [0.1, 0.15) is 23.6 Å². The molecule has 3 aromatic rings. The second kappa shape index (κ2) is 10.5. The Labute approximate surface area is 192 Å². The summed E-state index contributed by atoms with van der Waals surface area (Å²) in [5.74, 6) is -0.216. The predicted molar refractivity (Wildman–Crippen MR) is 128 cm³/mol. The fourth-order valence-corrected chi connectivity index (χ4v) is 5.75. The minimum atomic E-state index is -4.08. The molecule has 32 heavy (non-hydrogen) atoms. The fraction of sp³-hybridized carbons (Fsp3) is 0.160. The first kappa shape index (κ1) is 23.6. The molecule has 0 radical (unpaired) electrons. The topological polar surface area (TPSA) is 70.0 Å². The molecule has 0 unspecified atom stereocenters. The Hall–Kier alpha value is -3.08. The Morgan fingerprint density at radius 3 is 2.31 bits per heavy atom. The van der Waals surface area contributed by atoms with Crippen LogP contribution in [0, 0.1) is 24.1 Å². The van der Waals surface area contributed by atoms with Crippen molar-refractivity contribution >= 4 is 27.3 Å². The molecule has 0 saturated heterocycles. The number of nitriles is 1. The number of rotatable bonds is 8. The molecule has 0 amide bonds. The van der Waals surface area contributed by atoms with Crippen LogP contribution in [0.15, 0.2) is 87.6 Å². The molecule has 0 atom stereocenters. The van der Waals surface area contributed by atoms with E-state index < -0.39 is 14.7 Å². The highest BCUT2D eigenvalue weighted by molar-refractivity contribution is 8.04. The van der Waals surface area contributed by atoms with E-state index in [-0.39, 0.29) is 21.5 Å². The van der Waals surface area contributed by atoms with E-state index in [1.807, 2.05) is 38.1 Å². The number of hydrogen-bond donors (Lipinski definition) is 1. The number of aryl methyl sites for hydroxylation is 2. The number of sulfone groups is 1. The van der Waals surface area contributed by atoms with Crippen molar-refractivity contribution in [2.75, 3.05) is 5.32 Å². The number of hydrogen-bond acceptors (Lipinski definition) is 5. The molecular formula is C25H23FN2O2S2. The maximum atomic E-state index is 14.2. The maximum absolute atomic E-state index is 14.2. The number of para-hydroxylation sites is 1. The van der Waals surface area contributed by atoms with Gasteiger partial charge in [-0.25, -0.2) is 12.8 Å². The van der Waals surface area contributed by atoms with Gasteiger partial charge >= 0.3 is 0 Å². The van der Waals surface area contributed by atoms with Gasteiger partial charge < -0.3 is 5.32 Å². The molecule has 0 aliphatic rings. The zero-order valence-electron chi connectivity index (χ0n) is 17.8. The molecule has 0 spiro atoms. The summed E-state index contributed by atoms with van der Waals surface area (Å²) in [5.41, 5.74) is 3.08. The lowest BCUT2D eigenvalue weighted by Crippen LogP contribution is -2.11. The molecule has 0 aromatic heterocycles. The minimum absolute atomic E-state index is 0.0304. The first-order chi connectivity index (χ1) is 15.4. The molecule has 0 heterocycles. The first-order valence-corrected chi connectivity index (χ1v) is 12.5. The van der Waals surface area contributed by atoms with Crippen LogP contribution in [-0.2, 0) is 22.0 Å². The number of allylic oxidation sites excluding steroid dienone is 1. The van der Waals surface area contributed by atoms with Gasteiger partial charge in [-0.2, -0.15) is 5.26 Å². The van der Waals surface area contributed by atoms with Crippen LogP contribution in [0.5, 0.6) is 0 Å². The number of nitrogens with zero attached hydrogens (tertiary/aromatic N) is 1. The molecule has 0 saturated carbocycles. The molecule has 7 heteroatoms. The Balaban J connectivity index is 2.12. The smallest absolute Gasteiger partial charge is 0.219 e. The summed E-state index contributed by atoms with van der Waals surface area (Å²) >= 11 is 1.09. The van der Waals surface area contributed by atoms with Gasteiger partial charge in [-0.1, -0.05) is 61.5 Å². The van der Waals surface area contributed by atoms with Crippen LogP contribution >= 0.6 is 11.8 Å².